The molecule has 3 N–H and O–H groups in total. The average molecular weight is 453 g/mol. The topological polar surface area (TPSA) is 72.0 Å². The molecule has 6 nitrogen and oxygen atoms in total. The molecule has 6 heteroatoms. The number of nitrogens with zero attached hydrogens (tertiary/aromatic N) is 4. The third kappa shape index (κ3) is 4.19. The van der Waals surface area contributed by atoms with E-state index in [4.69, 9.17) is 5.73 Å². The minimum atomic E-state index is 0.300. The number of nitrogens with one attached hydrogen (secondary N) is 1. The minimum absolute atomic E-state index is 0.300. The maximum Gasteiger partial charge on any atom is 0.220 e. The van der Waals surface area contributed by atoms with Gasteiger partial charge < -0.3 is 15.6 Å². The molecule has 2 fully saturated rings. The van der Waals surface area contributed by atoms with Crippen molar-refractivity contribution in [2.24, 2.45) is 0 Å². The second kappa shape index (κ2) is 8.53. The molecule has 6 rings (SSSR count). The molecule has 2 aromatic heterocycles. The number of rotatable bonds is 5. The van der Waals surface area contributed by atoms with Gasteiger partial charge >= 0.3 is 0 Å². The molecule has 1 unspecified atom stereocenters. The highest BCUT2D eigenvalue weighted by atomic mass is 15.2. The molecular formula is C28H32N6. The number of benzene rings is 2. The summed E-state index contributed by atoms with van der Waals surface area (Å²) in [5, 5.41) is 4.74. The molecule has 34 heavy (non-hydrogen) atoms. The van der Waals surface area contributed by atoms with E-state index in [0.717, 1.165) is 37.4 Å². The van der Waals surface area contributed by atoms with Crippen molar-refractivity contribution >= 4 is 16.9 Å². The zero-order valence-corrected chi connectivity index (χ0v) is 20.0. The molecule has 1 aliphatic carbocycles. The van der Waals surface area contributed by atoms with Crippen LogP contribution in [0.15, 0.2) is 54.9 Å². The summed E-state index contributed by atoms with van der Waals surface area (Å²) < 4.78 is 2.34. The second-order valence-corrected chi connectivity index (χ2v) is 10.0. The Bertz CT molecular complexity index is 1350. The molecule has 0 bridgehead atoms. The Hall–Kier alpha value is -3.22. The highest BCUT2D eigenvalue weighted by Gasteiger charge is 2.25. The first-order valence-electron chi connectivity index (χ1n) is 12.3. The summed E-state index contributed by atoms with van der Waals surface area (Å²) in [6.45, 7) is 8.66. The van der Waals surface area contributed by atoms with Crippen LogP contribution in [0.3, 0.4) is 0 Å². The lowest BCUT2D eigenvalue weighted by Gasteiger charge is -2.32. The molecule has 2 aliphatic rings. The summed E-state index contributed by atoms with van der Waals surface area (Å²) in [6, 6.07) is 16.3. The largest absolute Gasteiger partial charge is 0.368 e. The van der Waals surface area contributed by atoms with E-state index < -0.39 is 0 Å². The Morgan fingerprint density at radius 2 is 2.00 bits per heavy atom. The number of aryl methyl sites for hydroxylation is 1. The number of fused-ring (bicyclic) bond motifs is 1. The Morgan fingerprint density at radius 1 is 1.12 bits per heavy atom. The fourth-order valence-electron chi connectivity index (χ4n) is 5.27. The molecule has 1 atom stereocenters. The van der Waals surface area contributed by atoms with Gasteiger partial charge in [0, 0.05) is 61.3 Å². The number of hydrogen-bond acceptors (Lipinski definition) is 5. The van der Waals surface area contributed by atoms with Crippen molar-refractivity contribution in [2.75, 3.05) is 25.4 Å². The van der Waals surface area contributed by atoms with E-state index in [-0.39, 0.29) is 0 Å². The van der Waals surface area contributed by atoms with Gasteiger partial charge in [-0.3, -0.25) is 4.90 Å². The van der Waals surface area contributed by atoms with Gasteiger partial charge in [-0.05, 0) is 73.6 Å². The van der Waals surface area contributed by atoms with Gasteiger partial charge in [0.15, 0.2) is 0 Å². The summed E-state index contributed by atoms with van der Waals surface area (Å²) in [6.07, 6.45) is 6.54. The number of piperazine rings is 1. The van der Waals surface area contributed by atoms with Crippen LogP contribution in [0.1, 0.15) is 42.4 Å². The predicted octanol–water partition coefficient (Wildman–Crippen LogP) is 4.65. The number of nitrogens with two attached hydrogens (primary N) is 1. The normalized spacial score (nSPS) is 19.1. The van der Waals surface area contributed by atoms with Crippen molar-refractivity contribution in [3.63, 3.8) is 0 Å². The van der Waals surface area contributed by atoms with E-state index in [1.807, 2.05) is 6.07 Å². The van der Waals surface area contributed by atoms with Gasteiger partial charge in [-0.25, -0.2) is 9.97 Å². The average Bonchev–Trinajstić information content (AvgIpc) is 3.60. The van der Waals surface area contributed by atoms with Gasteiger partial charge in [0.2, 0.25) is 5.95 Å². The van der Waals surface area contributed by atoms with E-state index >= 15 is 0 Å². The molecular weight excluding hydrogens is 420 g/mol. The predicted molar refractivity (Wildman–Crippen MR) is 138 cm³/mol. The lowest BCUT2D eigenvalue weighted by molar-refractivity contribution is 0.199. The summed E-state index contributed by atoms with van der Waals surface area (Å²) in [4.78, 5) is 11.2. The molecule has 4 aromatic rings. The summed E-state index contributed by atoms with van der Waals surface area (Å²) in [7, 11) is 0. The van der Waals surface area contributed by atoms with Crippen LogP contribution >= 0.6 is 0 Å². The maximum absolute atomic E-state index is 5.92. The first-order valence-corrected chi connectivity index (χ1v) is 12.3. The molecule has 2 aromatic carbocycles. The van der Waals surface area contributed by atoms with E-state index in [9.17, 15) is 0 Å². The lowest BCUT2D eigenvalue weighted by atomic mass is 10.0. The molecule has 1 saturated heterocycles. The highest BCUT2D eigenvalue weighted by molar-refractivity contribution is 5.96. The van der Waals surface area contributed by atoms with Crippen LogP contribution < -0.4 is 11.1 Å². The zero-order valence-electron chi connectivity index (χ0n) is 20.0. The molecule has 0 spiro atoms. The number of hydrogen-bond donors (Lipinski definition) is 2. The van der Waals surface area contributed by atoms with Gasteiger partial charge in [-0.2, -0.15) is 0 Å². The van der Waals surface area contributed by atoms with E-state index in [1.165, 1.54) is 46.1 Å². The van der Waals surface area contributed by atoms with Crippen molar-refractivity contribution in [1.29, 1.82) is 0 Å². The standard InChI is InChI=1S/C28H32N6/c1-18-3-6-24-25(26-7-8-31-28(29)32-26)17-34(27(24)11-18)23-13-20(12-22(14-23)21-4-5-21)16-33-10-9-30-19(2)15-33/h3,6-8,11-14,17,19,21,30H,4-5,9-10,15-16H2,1-2H3,(H2,29,31,32). The van der Waals surface area contributed by atoms with Crippen molar-refractivity contribution in [3.8, 4) is 16.9 Å². The van der Waals surface area contributed by atoms with Crippen LogP contribution in [0.25, 0.3) is 27.8 Å². The molecule has 0 radical (unpaired) electrons. The summed E-state index contributed by atoms with van der Waals surface area (Å²) in [5.41, 5.74) is 14.4. The second-order valence-electron chi connectivity index (χ2n) is 10.0. The lowest BCUT2D eigenvalue weighted by Crippen LogP contribution is -2.48. The number of anilines is 1. The van der Waals surface area contributed by atoms with Crippen LogP contribution in [-0.2, 0) is 6.54 Å². The van der Waals surface area contributed by atoms with Crippen LogP contribution in [-0.4, -0.2) is 45.1 Å². The van der Waals surface area contributed by atoms with Crippen molar-refractivity contribution in [1.82, 2.24) is 24.8 Å². The highest BCUT2D eigenvalue weighted by Crippen LogP contribution is 2.42. The zero-order chi connectivity index (χ0) is 23.2. The molecule has 1 saturated carbocycles. The van der Waals surface area contributed by atoms with Crippen LogP contribution in [0.2, 0.25) is 0 Å². The molecule has 3 heterocycles. The van der Waals surface area contributed by atoms with Crippen molar-refractivity contribution in [3.05, 3.63) is 71.5 Å². The van der Waals surface area contributed by atoms with Crippen molar-refractivity contribution in [2.45, 2.75) is 45.2 Å². The Labute approximate surface area is 200 Å². The van der Waals surface area contributed by atoms with Gasteiger partial charge in [-0.1, -0.05) is 18.2 Å². The third-order valence-electron chi connectivity index (χ3n) is 7.10. The van der Waals surface area contributed by atoms with Crippen LogP contribution in [0, 0.1) is 6.92 Å². The Kier molecular flexibility index (Phi) is 5.35. The first-order chi connectivity index (χ1) is 16.5. The van der Waals surface area contributed by atoms with Crippen molar-refractivity contribution < 1.29 is 0 Å². The summed E-state index contributed by atoms with van der Waals surface area (Å²) >= 11 is 0. The first kappa shape index (κ1) is 21.3. The molecule has 174 valence electrons. The van der Waals surface area contributed by atoms with E-state index in [2.05, 4.69) is 81.2 Å². The van der Waals surface area contributed by atoms with Gasteiger partial charge in [-0.15, -0.1) is 0 Å². The summed E-state index contributed by atoms with van der Waals surface area (Å²) in [5.74, 6) is 0.999. The minimum Gasteiger partial charge on any atom is -0.368 e. The smallest absolute Gasteiger partial charge is 0.220 e. The van der Waals surface area contributed by atoms with Crippen LogP contribution in [0.5, 0.6) is 0 Å². The maximum atomic E-state index is 5.92. The quantitative estimate of drug-likeness (QED) is 0.461. The number of nitrogen functional groups attached to an aromatic ring is 1. The monoisotopic (exact) mass is 452 g/mol. The van der Waals surface area contributed by atoms with Gasteiger partial charge in [0.05, 0.1) is 11.2 Å². The van der Waals surface area contributed by atoms with Gasteiger partial charge in [0.25, 0.3) is 0 Å². The Morgan fingerprint density at radius 3 is 2.79 bits per heavy atom. The third-order valence-corrected chi connectivity index (χ3v) is 7.10. The number of aromatic nitrogens is 3. The molecule has 1 aliphatic heterocycles. The van der Waals surface area contributed by atoms with E-state index in [1.54, 1.807) is 6.20 Å². The Balaban J connectivity index is 1.47. The fraction of sp³-hybridized carbons (Fsp3) is 0.357. The van der Waals surface area contributed by atoms with Crippen LogP contribution in [0.4, 0.5) is 5.95 Å². The SMILES string of the molecule is Cc1ccc2c(-c3ccnc(N)n3)cn(-c3cc(CN4CCNC(C)C4)cc(C4CC4)c3)c2c1. The fourth-order valence-corrected chi connectivity index (χ4v) is 5.27. The molecule has 0 amide bonds. The van der Waals surface area contributed by atoms with E-state index in [0.29, 0.717) is 17.9 Å². The van der Waals surface area contributed by atoms with Gasteiger partial charge in [0.1, 0.15) is 0 Å².